The predicted octanol–water partition coefficient (Wildman–Crippen LogP) is 0.620. The number of ether oxygens (including phenoxy) is 4. The molecular formula is C18H36N2O6S. The highest BCUT2D eigenvalue weighted by atomic mass is 32.2. The summed E-state index contributed by atoms with van der Waals surface area (Å²) in [6.07, 6.45) is 4.27. The van der Waals surface area contributed by atoms with E-state index in [1.54, 1.807) is 11.8 Å². The molecule has 0 aliphatic rings. The molecule has 0 atom stereocenters. The number of amides is 1. The zero-order valence-electron chi connectivity index (χ0n) is 16.3. The van der Waals surface area contributed by atoms with Gasteiger partial charge < -0.3 is 34.8 Å². The van der Waals surface area contributed by atoms with Crippen LogP contribution in [-0.4, -0.2) is 89.6 Å². The van der Waals surface area contributed by atoms with Crippen LogP contribution in [0, 0.1) is 0 Å². The quantitative estimate of drug-likeness (QED) is 0.198. The van der Waals surface area contributed by atoms with Gasteiger partial charge in [0.2, 0.25) is 5.91 Å². The third kappa shape index (κ3) is 23.3. The average molecular weight is 409 g/mol. The number of aldehydes is 1. The summed E-state index contributed by atoms with van der Waals surface area (Å²) in [6, 6.07) is 0. The number of thioether (sulfide) groups is 1. The van der Waals surface area contributed by atoms with Crippen LogP contribution in [0.4, 0.5) is 0 Å². The summed E-state index contributed by atoms with van der Waals surface area (Å²) < 4.78 is 21.5. The van der Waals surface area contributed by atoms with Crippen molar-refractivity contribution in [2.45, 2.75) is 25.7 Å². The highest BCUT2D eigenvalue weighted by Gasteiger charge is 2.00. The first-order valence-electron chi connectivity index (χ1n) is 9.60. The second-order valence-corrected chi connectivity index (χ2v) is 6.79. The van der Waals surface area contributed by atoms with Crippen molar-refractivity contribution in [3.05, 3.63) is 0 Å². The highest BCUT2D eigenvalue weighted by Crippen LogP contribution is 1.96. The molecule has 0 aliphatic heterocycles. The van der Waals surface area contributed by atoms with E-state index in [9.17, 15) is 9.59 Å². The van der Waals surface area contributed by atoms with Crippen molar-refractivity contribution < 1.29 is 28.5 Å². The Kier molecular flexibility index (Phi) is 22.7. The van der Waals surface area contributed by atoms with Gasteiger partial charge in [0.15, 0.2) is 0 Å². The standard InChI is InChI=1S/C18H36N2O6S/c19-5-2-1-3-6-20-18(22)4-8-23-9-10-24-11-12-25-13-14-26-15-17-27-16-7-21/h7H,1-6,8-17,19H2,(H,20,22). The van der Waals surface area contributed by atoms with Crippen molar-refractivity contribution in [2.75, 3.05) is 77.5 Å². The van der Waals surface area contributed by atoms with E-state index >= 15 is 0 Å². The van der Waals surface area contributed by atoms with Gasteiger partial charge in [-0.25, -0.2) is 0 Å². The number of carbonyl (C=O) groups excluding carboxylic acids is 2. The van der Waals surface area contributed by atoms with Gasteiger partial charge >= 0.3 is 0 Å². The van der Waals surface area contributed by atoms with Gasteiger partial charge in [0, 0.05) is 24.5 Å². The summed E-state index contributed by atoms with van der Waals surface area (Å²) in [7, 11) is 0. The Morgan fingerprint density at radius 3 is 2.04 bits per heavy atom. The van der Waals surface area contributed by atoms with Gasteiger partial charge in [-0.05, 0) is 19.4 Å². The normalized spacial score (nSPS) is 10.9. The molecule has 0 heterocycles. The van der Waals surface area contributed by atoms with Crippen molar-refractivity contribution >= 4 is 24.0 Å². The van der Waals surface area contributed by atoms with Gasteiger partial charge in [-0.2, -0.15) is 11.8 Å². The minimum absolute atomic E-state index is 0.0154. The number of hydrogen-bond acceptors (Lipinski definition) is 8. The molecule has 9 heteroatoms. The molecule has 0 aromatic heterocycles. The molecule has 0 saturated carbocycles. The Labute approximate surface area is 167 Å². The summed E-state index contributed by atoms with van der Waals surface area (Å²) in [6.45, 7) is 5.45. The van der Waals surface area contributed by atoms with Crippen LogP contribution in [-0.2, 0) is 28.5 Å². The third-order valence-electron chi connectivity index (χ3n) is 3.35. The first-order chi connectivity index (χ1) is 13.3. The molecule has 0 aromatic carbocycles. The van der Waals surface area contributed by atoms with Crippen LogP contribution in [0.5, 0.6) is 0 Å². The summed E-state index contributed by atoms with van der Waals surface area (Å²) >= 11 is 1.55. The number of hydrogen-bond donors (Lipinski definition) is 2. The number of unbranched alkanes of at least 4 members (excludes halogenated alkanes) is 2. The van der Waals surface area contributed by atoms with Crippen LogP contribution >= 0.6 is 11.8 Å². The molecule has 0 unspecified atom stereocenters. The van der Waals surface area contributed by atoms with Gasteiger partial charge in [0.1, 0.15) is 6.29 Å². The Morgan fingerprint density at radius 1 is 0.852 bits per heavy atom. The molecule has 0 aromatic rings. The van der Waals surface area contributed by atoms with Crippen molar-refractivity contribution in [3.8, 4) is 0 Å². The number of carbonyl (C=O) groups is 2. The molecule has 0 saturated heterocycles. The largest absolute Gasteiger partial charge is 0.379 e. The lowest BCUT2D eigenvalue weighted by Gasteiger charge is -2.08. The Balaban J connectivity index is 3.10. The molecular weight excluding hydrogens is 372 g/mol. The Hall–Kier alpha value is -0.710. The highest BCUT2D eigenvalue weighted by molar-refractivity contribution is 7.99. The number of nitrogens with two attached hydrogens (primary N) is 1. The summed E-state index contributed by atoms with van der Waals surface area (Å²) in [5.41, 5.74) is 5.41. The molecule has 3 N–H and O–H groups in total. The lowest BCUT2D eigenvalue weighted by Crippen LogP contribution is -2.25. The molecule has 0 bridgehead atoms. The maximum atomic E-state index is 11.5. The van der Waals surface area contributed by atoms with Crippen molar-refractivity contribution in [2.24, 2.45) is 5.73 Å². The molecule has 1 amide bonds. The predicted molar refractivity (Wildman–Crippen MR) is 107 cm³/mol. The number of rotatable bonds is 22. The lowest BCUT2D eigenvalue weighted by molar-refractivity contribution is -0.122. The fourth-order valence-corrected chi connectivity index (χ4v) is 2.44. The molecule has 0 spiro atoms. The van der Waals surface area contributed by atoms with E-state index in [1.807, 2.05) is 0 Å². The Morgan fingerprint density at radius 2 is 1.44 bits per heavy atom. The second kappa shape index (κ2) is 23.3. The molecule has 160 valence electrons. The average Bonchev–Trinajstić information content (AvgIpc) is 2.67. The zero-order valence-corrected chi connectivity index (χ0v) is 17.1. The molecule has 0 rings (SSSR count). The van der Waals surface area contributed by atoms with E-state index in [-0.39, 0.29) is 5.91 Å². The van der Waals surface area contributed by atoms with Gasteiger partial charge in [-0.3, -0.25) is 4.79 Å². The van der Waals surface area contributed by atoms with E-state index in [2.05, 4.69) is 5.32 Å². The van der Waals surface area contributed by atoms with Crippen molar-refractivity contribution in [3.63, 3.8) is 0 Å². The van der Waals surface area contributed by atoms with Gasteiger partial charge in [-0.1, -0.05) is 6.42 Å². The van der Waals surface area contributed by atoms with E-state index < -0.39 is 0 Å². The number of nitrogens with one attached hydrogen (secondary N) is 1. The van der Waals surface area contributed by atoms with Crippen LogP contribution < -0.4 is 11.1 Å². The molecule has 8 nitrogen and oxygen atoms in total. The topological polar surface area (TPSA) is 109 Å². The first kappa shape index (κ1) is 26.3. The Bertz CT molecular complexity index is 337. The first-order valence-corrected chi connectivity index (χ1v) is 10.8. The lowest BCUT2D eigenvalue weighted by atomic mass is 10.2. The van der Waals surface area contributed by atoms with Crippen LogP contribution in [0.15, 0.2) is 0 Å². The van der Waals surface area contributed by atoms with Crippen LogP contribution in [0.25, 0.3) is 0 Å². The molecule has 0 radical (unpaired) electrons. The van der Waals surface area contributed by atoms with Crippen LogP contribution in [0.1, 0.15) is 25.7 Å². The van der Waals surface area contributed by atoms with E-state index in [0.717, 1.165) is 31.3 Å². The fourth-order valence-electron chi connectivity index (χ4n) is 1.94. The fraction of sp³-hybridized carbons (Fsp3) is 0.889. The molecule has 27 heavy (non-hydrogen) atoms. The van der Waals surface area contributed by atoms with Gasteiger partial charge in [0.25, 0.3) is 0 Å². The summed E-state index contributed by atoms with van der Waals surface area (Å²) in [5.74, 6) is 1.35. The van der Waals surface area contributed by atoms with Crippen LogP contribution in [0.3, 0.4) is 0 Å². The van der Waals surface area contributed by atoms with Crippen molar-refractivity contribution in [1.29, 1.82) is 0 Å². The SMILES string of the molecule is NCCCCCNC(=O)CCOCCOCCOCCOCCSCC=O. The second-order valence-electron chi connectivity index (χ2n) is 5.64. The smallest absolute Gasteiger partial charge is 0.222 e. The molecule has 0 fully saturated rings. The monoisotopic (exact) mass is 408 g/mol. The minimum Gasteiger partial charge on any atom is -0.379 e. The molecule has 0 aliphatic carbocycles. The van der Waals surface area contributed by atoms with E-state index in [0.29, 0.717) is 78.1 Å². The minimum atomic E-state index is 0.0154. The van der Waals surface area contributed by atoms with Gasteiger partial charge in [-0.15, -0.1) is 0 Å². The van der Waals surface area contributed by atoms with Crippen molar-refractivity contribution in [1.82, 2.24) is 5.32 Å². The summed E-state index contributed by atoms with van der Waals surface area (Å²) in [4.78, 5) is 21.6. The maximum absolute atomic E-state index is 11.5. The van der Waals surface area contributed by atoms with E-state index in [1.165, 1.54) is 0 Å². The summed E-state index contributed by atoms with van der Waals surface area (Å²) in [5, 5.41) is 2.86. The third-order valence-corrected chi connectivity index (χ3v) is 4.18. The maximum Gasteiger partial charge on any atom is 0.222 e. The van der Waals surface area contributed by atoms with E-state index in [4.69, 9.17) is 24.7 Å². The van der Waals surface area contributed by atoms with Crippen LogP contribution in [0.2, 0.25) is 0 Å². The van der Waals surface area contributed by atoms with Gasteiger partial charge in [0.05, 0.1) is 52.9 Å². The zero-order chi connectivity index (χ0) is 19.8.